The fourth-order valence-electron chi connectivity index (χ4n) is 2.96. The van der Waals surface area contributed by atoms with E-state index in [1.54, 1.807) is 31.2 Å². The third-order valence-corrected chi connectivity index (χ3v) is 5.81. The summed E-state index contributed by atoms with van der Waals surface area (Å²) in [6, 6.07) is 9.47. The predicted octanol–water partition coefficient (Wildman–Crippen LogP) is 4.15. The topological polar surface area (TPSA) is 75.7 Å². The first-order valence-electron chi connectivity index (χ1n) is 8.79. The van der Waals surface area contributed by atoms with Crippen LogP contribution in [-0.4, -0.2) is 33.7 Å². The zero-order valence-corrected chi connectivity index (χ0v) is 18.2. The van der Waals surface area contributed by atoms with Gasteiger partial charge in [0.1, 0.15) is 11.8 Å². The molecule has 0 saturated carbocycles. The van der Waals surface area contributed by atoms with Crippen LogP contribution in [0.4, 0.5) is 11.4 Å². The summed E-state index contributed by atoms with van der Waals surface area (Å²) in [6.45, 7) is 5.47. The summed E-state index contributed by atoms with van der Waals surface area (Å²) in [5, 5.41) is 3.11. The van der Waals surface area contributed by atoms with Gasteiger partial charge in [0.2, 0.25) is 15.9 Å². The van der Waals surface area contributed by atoms with Crippen LogP contribution in [0.15, 0.2) is 36.4 Å². The summed E-state index contributed by atoms with van der Waals surface area (Å²) in [5.74, 6) is 0.0509. The summed E-state index contributed by atoms with van der Waals surface area (Å²) in [4.78, 5) is 13.0. The molecule has 2 aromatic rings. The molecule has 0 radical (unpaired) electrons. The highest BCUT2D eigenvalue weighted by atomic mass is 35.5. The van der Waals surface area contributed by atoms with Crippen molar-refractivity contribution in [2.45, 2.75) is 33.2 Å². The van der Waals surface area contributed by atoms with Gasteiger partial charge >= 0.3 is 0 Å². The second-order valence-electron chi connectivity index (χ2n) is 6.61. The number of carbonyl (C=O) groups excluding carboxylic acids is 1. The van der Waals surface area contributed by atoms with Gasteiger partial charge in [0, 0.05) is 5.69 Å². The van der Waals surface area contributed by atoms with E-state index in [1.165, 1.54) is 11.4 Å². The molecule has 1 amide bonds. The lowest BCUT2D eigenvalue weighted by Crippen LogP contribution is -2.47. The number of anilines is 2. The highest BCUT2D eigenvalue weighted by molar-refractivity contribution is 7.92. The largest absolute Gasteiger partial charge is 0.495 e. The third-order valence-electron chi connectivity index (χ3n) is 4.35. The Bertz CT molecular complexity index is 976. The van der Waals surface area contributed by atoms with E-state index in [0.29, 0.717) is 28.6 Å². The van der Waals surface area contributed by atoms with E-state index >= 15 is 0 Å². The minimum Gasteiger partial charge on any atom is -0.495 e. The Morgan fingerprint density at radius 2 is 1.89 bits per heavy atom. The Morgan fingerprint density at radius 3 is 2.43 bits per heavy atom. The van der Waals surface area contributed by atoms with E-state index in [1.807, 2.05) is 26.0 Å². The van der Waals surface area contributed by atoms with E-state index in [2.05, 4.69) is 5.32 Å². The molecular formula is C20H25ClN2O4S. The summed E-state index contributed by atoms with van der Waals surface area (Å²) >= 11 is 6.11. The summed E-state index contributed by atoms with van der Waals surface area (Å²) < 4.78 is 31.5. The van der Waals surface area contributed by atoms with Crippen LogP contribution in [0.25, 0.3) is 0 Å². The maximum atomic E-state index is 13.0. The molecule has 0 bridgehead atoms. The Kier molecular flexibility index (Phi) is 6.96. The Balaban J connectivity index is 2.42. The second-order valence-corrected chi connectivity index (χ2v) is 8.88. The van der Waals surface area contributed by atoms with Crippen molar-refractivity contribution in [3.05, 3.63) is 52.5 Å². The number of sulfonamides is 1. The van der Waals surface area contributed by atoms with Crippen molar-refractivity contribution in [1.82, 2.24) is 0 Å². The maximum absolute atomic E-state index is 13.0. The molecule has 0 aromatic heterocycles. The molecule has 0 fully saturated rings. The first kappa shape index (κ1) is 22.0. The number of halogens is 1. The number of ether oxygens (including phenoxy) is 1. The van der Waals surface area contributed by atoms with Gasteiger partial charge in [-0.15, -0.1) is 0 Å². The standard InChI is InChI=1S/C20H25ClN2O4S/c1-6-17(20(24)22-15-9-10-19(27-4)16(21)12-15)23(28(5,25)26)18-11-13(2)7-8-14(18)3/h7-12,17H,6H2,1-5H3,(H,22,24)/t17-/m0/s1. The molecule has 2 rings (SSSR count). The molecular weight excluding hydrogens is 400 g/mol. The quantitative estimate of drug-likeness (QED) is 0.724. The second kappa shape index (κ2) is 8.84. The Labute approximate surface area is 171 Å². The fourth-order valence-corrected chi connectivity index (χ4v) is 4.48. The number of nitrogens with zero attached hydrogens (tertiary/aromatic N) is 1. The molecule has 0 saturated heterocycles. The van der Waals surface area contributed by atoms with E-state index in [-0.39, 0.29) is 0 Å². The van der Waals surface area contributed by atoms with E-state index < -0.39 is 22.0 Å². The number of nitrogens with one attached hydrogen (secondary N) is 1. The van der Waals surface area contributed by atoms with Crippen molar-refractivity contribution in [3.8, 4) is 5.75 Å². The van der Waals surface area contributed by atoms with Crippen molar-refractivity contribution in [2.24, 2.45) is 0 Å². The third kappa shape index (κ3) is 4.97. The van der Waals surface area contributed by atoms with Gasteiger partial charge in [0.05, 0.1) is 24.1 Å². The minimum atomic E-state index is -3.70. The molecule has 0 aliphatic heterocycles. The van der Waals surface area contributed by atoms with Crippen molar-refractivity contribution >= 4 is 38.9 Å². The van der Waals surface area contributed by atoms with Crippen LogP contribution in [0.2, 0.25) is 5.02 Å². The van der Waals surface area contributed by atoms with Crippen LogP contribution in [0.5, 0.6) is 5.75 Å². The van der Waals surface area contributed by atoms with Crippen LogP contribution in [-0.2, 0) is 14.8 Å². The number of hydrogen-bond acceptors (Lipinski definition) is 4. The number of aryl methyl sites for hydroxylation is 2. The summed E-state index contributed by atoms with van der Waals surface area (Å²) in [5.41, 5.74) is 2.64. The smallest absolute Gasteiger partial charge is 0.248 e. The van der Waals surface area contributed by atoms with Gasteiger partial charge in [0.15, 0.2) is 0 Å². The molecule has 0 aliphatic carbocycles. The molecule has 28 heavy (non-hydrogen) atoms. The number of benzene rings is 2. The fraction of sp³-hybridized carbons (Fsp3) is 0.350. The first-order chi connectivity index (χ1) is 13.1. The number of amides is 1. The van der Waals surface area contributed by atoms with Gasteiger partial charge in [-0.2, -0.15) is 0 Å². The highest BCUT2D eigenvalue weighted by Gasteiger charge is 2.32. The molecule has 0 heterocycles. The van der Waals surface area contributed by atoms with Crippen LogP contribution >= 0.6 is 11.6 Å². The highest BCUT2D eigenvalue weighted by Crippen LogP contribution is 2.30. The molecule has 1 N–H and O–H groups in total. The van der Waals surface area contributed by atoms with Gasteiger partial charge in [-0.1, -0.05) is 30.7 Å². The molecule has 0 aliphatic rings. The first-order valence-corrected chi connectivity index (χ1v) is 11.0. The zero-order chi connectivity index (χ0) is 21.1. The van der Waals surface area contributed by atoms with Crippen molar-refractivity contribution in [1.29, 1.82) is 0 Å². The van der Waals surface area contributed by atoms with Crippen LogP contribution in [0, 0.1) is 13.8 Å². The van der Waals surface area contributed by atoms with Gasteiger partial charge in [-0.3, -0.25) is 9.10 Å². The molecule has 0 unspecified atom stereocenters. The van der Waals surface area contributed by atoms with Crippen molar-refractivity contribution in [3.63, 3.8) is 0 Å². The van der Waals surface area contributed by atoms with E-state index in [4.69, 9.17) is 16.3 Å². The summed E-state index contributed by atoms with van der Waals surface area (Å²) in [7, 11) is -2.20. The Morgan fingerprint density at radius 1 is 1.21 bits per heavy atom. The van der Waals surface area contributed by atoms with E-state index in [9.17, 15) is 13.2 Å². The lowest BCUT2D eigenvalue weighted by Gasteiger charge is -2.31. The van der Waals surface area contributed by atoms with Gasteiger partial charge in [-0.25, -0.2) is 8.42 Å². The molecule has 6 nitrogen and oxygen atoms in total. The normalized spacial score (nSPS) is 12.4. The predicted molar refractivity (Wildman–Crippen MR) is 114 cm³/mol. The van der Waals surface area contributed by atoms with Gasteiger partial charge in [-0.05, 0) is 55.7 Å². The molecule has 2 aromatic carbocycles. The Hall–Kier alpha value is -2.25. The SMILES string of the molecule is CC[C@@H](C(=O)Nc1ccc(OC)c(Cl)c1)N(c1cc(C)ccc1C)S(C)(=O)=O. The molecule has 8 heteroatoms. The lowest BCUT2D eigenvalue weighted by molar-refractivity contribution is -0.117. The van der Waals surface area contributed by atoms with Crippen LogP contribution < -0.4 is 14.4 Å². The number of hydrogen-bond donors (Lipinski definition) is 1. The maximum Gasteiger partial charge on any atom is 0.248 e. The zero-order valence-electron chi connectivity index (χ0n) is 16.6. The lowest BCUT2D eigenvalue weighted by atomic mass is 10.1. The van der Waals surface area contributed by atoms with Gasteiger partial charge in [0.25, 0.3) is 0 Å². The molecule has 152 valence electrons. The van der Waals surface area contributed by atoms with Crippen LogP contribution in [0.3, 0.4) is 0 Å². The van der Waals surface area contributed by atoms with Crippen LogP contribution in [0.1, 0.15) is 24.5 Å². The molecule has 0 spiro atoms. The number of methoxy groups -OCH3 is 1. The van der Waals surface area contributed by atoms with E-state index in [0.717, 1.165) is 17.4 Å². The number of rotatable bonds is 7. The van der Waals surface area contributed by atoms with Gasteiger partial charge < -0.3 is 10.1 Å². The monoisotopic (exact) mass is 424 g/mol. The van der Waals surface area contributed by atoms with Crippen molar-refractivity contribution < 1.29 is 17.9 Å². The minimum absolute atomic E-state index is 0.302. The molecule has 1 atom stereocenters. The summed E-state index contributed by atoms with van der Waals surface area (Å²) in [6.07, 6.45) is 1.41. The average Bonchev–Trinajstić information content (AvgIpc) is 2.61. The van der Waals surface area contributed by atoms with Crippen molar-refractivity contribution in [2.75, 3.05) is 23.0 Å². The number of carbonyl (C=O) groups is 1. The average molecular weight is 425 g/mol.